The lowest BCUT2D eigenvalue weighted by Gasteiger charge is -2.29. The number of carbonyl (C=O) groups excluding carboxylic acids is 2. The van der Waals surface area contributed by atoms with Crippen molar-refractivity contribution < 1.29 is 14.3 Å². The maximum Gasteiger partial charge on any atom is 0.240 e. The minimum atomic E-state index is -0.153. The van der Waals surface area contributed by atoms with E-state index in [1.54, 1.807) is 12.0 Å². The second kappa shape index (κ2) is 10.2. The summed E-state index contributed by atoms with van der Waals surface area (Å²) in [5.41, 5.74) is 3.06. The number of carbonyl (C=O) groups is 2. The highest BCUT2D eigenvalue weighted by molar-refractivity contribution is 5.99. The zero-order chi connectivity index (χ0) is 19.0. The molecule has 0 aliphatic rings. The van der Waals surface area contributed by atoms with Crippen molar-refractivity contribution in [1.82, 2.24) is 5.32 Å². The molecule has 0 saturated carbocycles. The second-order valence-corrected chi connectivity index (χ2v) is 6.90. The van der Waals surface area contributed by atoms with Gasteiger partial charge in [0, 0.05) is 27.2 Å². The van der Waals surface area contributed by atoms with E-state index in [0.717, 1.165) is 23.2 Å². The van der Waals surface area contributed by atoms with Crippen molar-refractivity contribution in [2.45, 2.75) is 52.9 Å². The van der Waals surface area contributed by atoms with Gasteiger partial charge in [0.1, 0.15) is 6.54 Å². The fraction of sp³-hybridized carbons (Fsp3) is 0.600. The molecular formula is C20H32N2O3. The van der Waals surface area contributed by atoms with Crippen LogP contribution in [-0.4, -0.2) is 38.6 Å². The Bertz CT molecular complexity index is 556. The van der Waals surface area contributed by atoms with E-state index in [2.05, 4.69) is 33.0 Å². The lowest BCUT2D eigenvalue weighted by atomic mass is 9.91. The molecule has 1 aromatic rings. The Morgan fingerprint density at radius 1 is 1.12 bits per heavy atom. The smallest absolute Gasteiger partial charge is 0.240 e. The van der Waals surface area contributed by atoms with Crippen LogP contribution in [0.5, 0.6) is 0 Å². The average molecular weight is 348 g/mol. The van der Waals surface area contributed by atoms with Crippen LogP contribution in [0.3, 0.4) is 0 Å². The molecule has 0 heterocycles. The Morgan fingerprint density at radius 3 is 2.12 bits per heavy atom. The SMILES string of the molecule is COCCCNC(=O)CN(C(C)=O)c1c(C(C)C)cccc1C(C)C. The molecule has 25 heavy (non-hydrogen) atoms. The summed E-state index contributed by atoms with van der Waals surface area (Å²) in [6, 6.07) is 6.11. The highest BCUT2D eigenvalue weighted by Crippen LogP contribution is 2.35. The summed E-state index contributed by atoms with van der Waals surface area (Å²) in [6.07, 6.45) is 0.752. The van der Waals surface area contributed by atoms with E-state index in [0.29, 0.717) is 13.2 Å². The number of nitrogens with one attached hydrogen (secondary N) is 1. The number of rotatable bonds is 9. The zero-order valence-corrected chi connectivity index (χ0v) is 16.4. The minimum absolute atomic E-state index is 0.0335. The van der Waals surface area contributed by atoms with Gasteiger partial charge in [-0.2, -0.15) is 0 Å². The molecule has 0 spiro atoms. The normalized spacial score (nSPS) is 11.0. The third-order valence-electron chi connectivity index (χ3n) is 4.14. The van der Waals surface area contributed by atoms with Crippen LogP contribution in [0.4, 0.5) is 5.69 Å². The zero-order valence-electron chi connectivity index (χ0n) is 16.4. The van der Waals surface area contributed by atoms with Crippen molar-refractivity contribution >= 4 is 17.5 Å². The van der Waals surface area contributed by atoms with E-state index in [-0.39, 0.29) is 30.2 Å². The summed E-state index contributed by atoms with van der Waals surface area (Å²) in [7, 11) is 1.63. The third-order valence-corrected chi connectivity index (χ3v) is 4.14. The summed E-state index contributed by atoms with van der Waals surface area (Å²) in [5, 5.41) is 2.86. The molecular weight excluding hydrogens is 316 g/mol. The molecule has 2 amide bonds. The van der Waals surface area contributed by atoms with Crippen molar-refractivity contribution in [3.8, 4) is 0 Å². The summed E-state index contributed by atoms with van der Waals surface area (Å²) in [5.74, 6) is 0.252. The number of ether oxygens (including phenoxy) is 1. The number of nitrogens with zero attached hydrogens (tertiary/aromatic N) is 1. The van der Waals surface area contributed by atoms with Crippen LogP contribution in [0.2, 0.25) is 0 Å². The van der Waals surface area contributed by atoms with Crippen LogP contribution in [0, 0.1) is 0 Å². The lowest BCUT2D eigenvalue weighted by molar-refractivity contribution is -0.123. The molecule has 0 radical (unpaired) electrons. The number of benzene rings is 1. The van der Waals surface area contributed by atoms with Crippen molar-refractivity contribution in [2.75, 3.05) is 31.7 Å². The fourth-order valence-corrected chi connectivity index (χ4v) is 2.82. The van der Waals surface area contributed by atoms with Gasteiger partial charge in [0.2, 0.25) is 11.8 Å². The Balaban J connectivity index is 3.10. The van der Waals surface area contributed by atoms with Crippen LogP contribution < -0.4 is 10.2 Å². The van der Waals surface area contributed by atoms with E-state index < -0.39 is 0 Å². The highest BCUT2D eigenvalue weighted by atomic mass is 16.5. The average Bonchev–Trinajstić information content (AvgIpc) is 2.55. The summed E-state index contributed by atoms with van der Waals surface area (Å²) in [6.45, 7) is 11.1. The second-order valence-electron chi connectivity index (χ2n) is 6.90. The monoisotopic (exact) mass is 348 g/mol. The summed E-state index contributed by atoms with van der Waals surface area (Å²) >= 11 is 0. The first-order valence-electron chi connectivity index (χ1n) is 8.96. The molecule has 0 aromatic heterocycles. The van der Waals surface area contributed by atoms with Gasteiger partial charge in [-0.15, -0.1) is 0 Å². The Labute approximate surface area is 151 Å². The van der Waals surface area contributed by atoms with Gasteiger partial charge in [-0.3, -0.25) is 9.59 Å². The first kappa shape index (κ1) is 21.2. The van der Waals surface area contributed by atoms with Gasteiger partial charge in [0.05, 0.1) is 5.69 Å². The maximum atomic E-state index is 12.3. The van der Waals surface area contributed by atoms with Crippen molar-refractivity contribution in [1.29, 1.82) is 0 Å². The van der Waals surface area contributed by atoms with E-state index >= 15 is 0 Å². The van der Waals surface area contributed by atoms with E-state index in [1.165, 1.54) is 6.92 Å². The quantitative estimate of drug-likeness (QED) is 0.696. The fourth-order valence-electron chi connectivity index (χ4n) is 2.82. The van der Waals surface area contributed by atoms with Crippen LogP contribution in [0.25, 0.3) is 0 Å². The van der Waals surface area contributed by atoms with Gasteiger partial charge in [-0.25, -0.2) is 0 Å². The Morgan fingerprint density at radius 2 is 1.68 bits per heavy atom. The van der Waals surface area contributed by atoms with Gasteiger partial charge in [-0.05, 0) is 29.4 Å². The highest BCUT2D eigenvalue weighted by Gasteiger charge is 2.23. The molecule has 0 aliphatic heterocycles. The van der Waals surface area contributed by atoms with Gasteiger partial charge in [0.15, 0.2) is 0 Å². The topological polar surface area (TPSA) is 58.6 Å². The van der Waals surface area contributed by atoms with Gasteiger partial charge in [-0.1, -0.05) is 45.9 Å². The molecule has 0 aliphatic carbocycles. The maximum absolute atomic E-state index is 12.3. The van der Waals surface area contributed by atoms with Crippen molar-refractivity contribution in [3.05, 3.63) is 29.3 Å². The molecule has 0 bridgehead atoms. The standard InChI is InChI=1S/C20H32N2O3/c1-14(2)17-9-7-10-18(15(3)4)20(17)22(16(5)23)13-19(24)21-11-8-12-25-6/h7,9-10,14-15H,8,11-13H2,1-6H3,(H,21,24). The van der Waals surface area contributed by atoms with Crippen LogP contribution in [0.15, 0.2) is 18.2 Å². The van der Waals surface area contributed by atoms with E-state index in [9.17, 15) is 9.59 Å². The number of methoxy groups -OCH3 is 1. The van der Waals surface area contributed by atoms with Crippen LogP contribution in [-0.2, 0) is 14.3 Å². The molecule has 1 aromatic carbocycles. The first-order chi connectivity index (χ1) is 11.8. The molecule has 0 saturated heterocycles. The summed E-state index contributed by atoms with van der Waals surface area (Å²) < 4.78 is 4.98. The van der Waals surface area contributed by atoms with Crippen molar-refractivity contribution in [3.63, 3.8) is 0 Å². The first-order valence-corrected chi connectivity index (χ1v) is 8.96. The Hall–Kier alpha value is -1.88. The molecule has 0 fully saturated rings. The third kappa shape index (κ3) is 6.16. The molecule has 140 valence electrons. The van der Waals surface area contributed by atoms with Crippen LogP contribution in [0.1, 0.15) is 64.0 Å². The number of hydrogen-bond donors (Lipinski definition) is 1. The molecule has 0 atom stereocenters. The van der Waals surface area contributed by atoms with Gasteiger partial charge < -0.3 is 15.0 Å². The number of anilines is 1. The number of hydrogen-bond acceptors (Lipinski definition) is 3. The number of para-hydroxylation sites is 1. The van der Waals surface area contributed by atoms with Gasteiger partial charge >= 0.3 is 0 Å². The van der Waals surface area contributed by atoms with E-state index in [1.807, 2.05) is 18.2 Å². The van der Waals surface area contributed by atoms with Crippen molar-refractivity contribution in [2.24, 2.45) is 0 Å². The molecule has 1 N–H and O–H groups in total. The predicted molar refractivity (Wildman–Crippen MR) is 102 cm³/mol. The number of amides is 2. The largest absolute Gasteiger partial charge is 0.385 e. The minimum Gasteiger partial charge on any atom is -0.385 e. The molecule has 0 unspecified atom stereocenters. The Kier molecular flexibility index (Phi) is 8.62. The molecule has 5 nitrogen and oxygen atoms in total. The van der Waals surface area contributed by atoms with E-state index in [4.69, 9.17) is 4.74 Å². The molecule has 1 rings (SSSR count). The molecule has 5 heteroatoms. The van der Waals surface area contributed by atoms with Gasteiger partial charge in [0.25, 0.3) is 0 Å². The summed E-state index contributed by atoms with van der Waals surface area (Å²) in [4.78, 5) is 26.3. The lowest BCUT2D eigenvalue weighted by Crippen LogP contribution is -2.41. The van der Waals surface area contributed by atoms with Crippen LogP contribution >= 0.6 is 0 Å². The predicted octanol–water partition coefficient (Wildman–Crippen LogP) is 3.44.